The van der Waals surface area contributed by atoms with Crippen molar-refractivity contribution in [2.75, 3.05) is 59.9 Å². The lowest BCUT2D eigenvalue weighted by molar-refractivity contribution is -0.172. The van der Waals surface area contributed by atoms with Gasteiger partial charge in [0, 0.05) is 67.2 Å². The van der Waals surface area contributed by atoms with Crippen LogP contribution in [0.15, 0.2) is 40.5 Å². The Morgan fingerprint density at radius 3 is 2.37 bits per heavy atom. The maximum Gasteiger partial charge on any atom is 0.343 e. The molecule has 426 valence electrons. The van der Waals surface area contributed by atoms with Crippen LogP contribution in [0.1, 0.15) is 112 Å². The summed E-state index contributed by atoms with van der Waals surface area (Å²) < 4.78 is 50.6. The smallest absolute Gasteiger partial charge is 0.343 e. The number of halogens is 1. The van der Waals surface area contributed by atoms with Gasteiger partial charge in [-0.15, -0.1) is 0 Å². The number of nitrogens with zero attached hydrogens (tertiary/aromatic N) is 6. The zero-order chi connectivity index (χ0) is 57.8. The summed E-state index contributed by atoms with van der Waals surface area (Å²) in [5, 5.41) is 22.4. The van der Waals surface area contributed by atoms with Gasteiger partial charge in [0.1, 0.15) is 37.8 Å². The number of rotatable bonds is 26. The molecule has 0 saturated carbocycles. The van der Waals surface area contributed by atoms with Gasteiger partial charge in [0.15, 0.2) is 5.60 Å². The number of hydrogen-bond donors (Lipinski definition) is 5. The molecule has 79 heavy (non-hydrogen) atoms. The Labute approximate surface area is 458 Å². The molecule has 5 N–H and O–H groups in total. The number of carbonyl (C=O) groups is 6. The van der Waals surface area contributed by atoms with Crippen LogP contribution >= 0.6 is 0 Å². The number of aliphatic hydroxyl groups is 1. The quantitative estimate of drug-likeness (QED) is 0.0175. The van der Waals surface area contributed by atoms with Crippen LogP contribution in [-0.2, 0) is 73.3 Å². The highest BCUT2D eigenvalue weighted by Gasteiger charge is 2.45. The van der Waals surface area contributed by atoms with E-state index in [4.69, 9.17) is 14.5 Å². The van der Waals surface area contributed by atoms with Crippen molar-refractivity contribution in [3.63, 3.8) is 0 Å². The number of benzene rings is 1. The van der Waals surface area contributed by atoms with Gasteiger partial charge in [0.05, 0.1) is 41.1 Å². The minimum atomic E-state index is -3.55. The van der Waals surface area contributed by atoms with Gasteiger partial charge in [0.25, 0.3) is 5.56 Å². The SMILES string of the molecule is CCCN(CCc1c2c(nc3cc(F)c(C)cc13)-c1cc3c(c(=O)n1C2)COC(=O)[C@]3(O)CC)C(=O)COCNC(=O)CNC(=O)[C@H](CCCCN(C)C)NC(=O)[C@@H](NC(=O)CCCC#Cc1cnc(S(C)(=O)=O)nc1)C(C)C. The lowest BCUT2D eigenvalue weighted by Gasteiger charge is -2.31. The molecule has 3 aromatic heterocycles. The number of hydrogen-bond acceptors (Lipinski definition) is 16. The predicted molar refractivity (Wildman–Crippen MR) is 289 cm³/mol. The van der Waals surface area contributed by atoms with Crippen LogP contribution in [0.4, 0.5) is 4.39 Å². The molecule has 6 rings (SSSR count). The van der Waals surface area contributed by atoms with Crippen LogP contribution < -0.4 is 26.8 Å². The molecule has 1 aromatic carbocycles. The molecule has 0 bridgehead atoms. The molecule has 5 heterocycles. The molecular weight excluding hydrogens is 1040 g/mol. The molecule has 2 aliphatic heterocycles. The maximum atomic E-state index is 15.1. The van der Waals surface area contributed by atoms with E-state index in [0.29, 0.717) is 71.2 Å². The number of carbonyl (C=O) groups excluding carboxylic acids is 6. The summed E-state index contributed by atoms with van der Waals surface area (Å²) in [6.45, 7) is 8.55. The van der Waals surface area contributed by atoms with E-state index in [1.807, 2.05) is 25.9 Å². The number of unbranched alkanes of at least 4 members (excludes halogenated alkanes) is 2. The van der Waals surface area contributed by atoms with Crippen molar-refractivity contribution in [2.45, 2.75) is 128 Å². The number of fused-ring (bicyclic) bond motifs is 5. The number of sulfone groups is 1. The Morgan fingerprint density at radius 2 is 1.70 bits per heavy atom. The first-order valence-corrected chi connectivity index (χ1v) is 28.3. The molecular formula is C55H71FN10O12S. The van der Waals surface area contributed by atoms with Gasteiger partial charge in [-0.3, -0.25) is 28.8 Å². The van der Waals surface area contributed by atoms with Crippen molar-refractivity contribution in [1.29, 1.82) is 0 Å². The number of aryl methyl sites for hydroxylation is 1. The van der Waals surface area contributed by atoms with Gasteiger partial charge in [-0.1, -0.05) is 39.5 Å². The lowest BCUT2D eigenvalue weighted by Crippen LogP contribution is -2.56. The van der Waals surface area contributed by atoms with Gasteiger partial charge in [-0.05, 0) is 102 Å². The standard InChI is InChI=1S/C55H71FN10O12S/c1-9-20-65(22-19-36-37-23-34(5)41(56)25-43(37)61-49-38(36)29-66-44(49)24-40-39(52(66)72)30-78-53(73)55(40,74)10-2)47(69)31-77-32-60-46(68)28-57-50(70)42(17-14-15-21-64(6)7)62-51(71)48(33(3)4)63-45(67)18-13-11-12-16-35-26-58-54(59-27-35)79(8,75)76/h23-27,33,42,48,74H,9-11,13-15,17-22,28-32H2,1-8H3,(H,57,70)(H,60,68)(H,62,71)(H,63,67)/t42-,48-,55-/m0/s1. The molecule has 3 atom stereocenters. The molecule has 0 radical (unpaired) electrons. The van der Waals surface area contributed by atoms with E-state index in [1.54, 1.807) is 44.7 Å². The molecule has 0 saturated heterocycles. The van der Waals surface area contributed by atoms with Crippen LogP contribution in [0, 0.1) is 30.5 Å². The van der Waals surface area contributed by atoms with Crippen LogP contribution in [0.25, 0.3) is 22.3 Å². The lowest BCUT2D eigenvalue weighted by atomic mass is 9.86. The van der Waals surface area contributed by atoms with Crippen LogP contribution in [-0.4, -0.2) is 150 Å². The van der Waals surface area contributed by atoms with Gasteiger partial charge in [-0.2, -0.15) is 0 Å². The molecule has 0 fully saturated rings. The maximum absolute atomic E-state index is 15.1. The van der Waals surface area contributed by atoms with E-state index >= 15 is 4.39 Å². The Morgan fingerprint density at radius 1 is 0.962 bits per heavy atom. The van der Waals surface area contributed by atoms with Crippen molar-refractivity contribution in [3.05, 3.63) is 80.1 Å². The highest BCUT2D eigenvalue weighted by molar-refractivity contribution is 7.90. The summed E-state index contributed by atoms with van der Waals surface area (Å²) in [5.74, 6) is 1.47. The number of esters is 1. The highest BCUT2D eigenvalue weighted by Crippen LogP contribution is 2.41. The number of amides is 5. The second-order valence-corrected chi connectivity index (χ2v) is 22.3. The average Bonchev–Trinajstić information content (AvgIpc) is 3.80. The van der Waals surface area contributed by atoms with Gasteiger partial charge >= 0.3 is 5.97 Å². The number of cyclic esters (lactones) is 1. The summed E-state index contributed by atoms with van der Waals surface area (Å²) in [6.07, 6.45) is 6.74. The van der Waals surface area contributed by atoms with Crippen LogP contribution in [0.3, 0.4) is 0 Å². The molecule has 2 aliphatic rings. The van der Waals surface area contributed by atoms with Crippen molar-refractivity contribution < 1.29 is 56.2 Å². The van der Waals surface area contributed by atoms with E-state index in [9.17, 15) is 47.1 Å². The number of nitrogens with one attached hydrogen (secondary N) is 4. The second kappa shape index (κ2) is 27.1. The third-order valence-corrected chi connectivity index (χ3v) is 14.6. The van der Waals surface area contributed by atoms with Crippen molar-refractivity contribution >= 4 is 56.2 Å². The fourth-order valence-electron chi connectivity index (χ4n) is 9.33. The fraction of sp³-hybridized carbons (Fsp3) is 0.527. The van der Waals surface area contributed by atoms with E-state index < -0.39 is 81.6 Å². The normalized spacial score (nSPS) is 15.3. The van der Waals surface area contributed by atoms with Gasteiger partial charge < -0.3 is 50.2 Å². The first-order chi connectivity index (χ1) is 37.5. The fourth-order valence-corrected chi connectivity index (χ4v) is 9.82. The summed E-state index contributed by atoms with van der Waals surface area (Å²) >= 11 is 0. The summed E-state index contributed by atoms with van der Waals surface area (Å²) in [5.41, 5.74) is 1.16. The van der Waals surface area contributed by atoms with E-state index in [2.05, 4.69) is 43.1 Å². The van der Waals surface area contributed by atoms with E-state index in [1.165, 1.54) is 23.0 Å². The van der Waals surface area contributed by atoms with E-state index in [-0.39, 0.29) is 80.2 Å². The summed E-state index contributed by atoms with van der Waals surface area (Å²) in [6, 6.07) is 2.60. The molecule has 0 aliphatic carbocycles. The number of pyridine rings is 2. The molecule has 5 amide bonds. The molecule has 4 aromatic rings. The Bertz CT molecular complexity index is 3190. The predicted octanol–water partition coefficient (Wildman–Crippen LogP) is 2.29. The molecule has 24 heteroatoms. The van der Waals surface area contributed by atoms with Gasteiger partial charge in [-0.25, -0.2) is 32.6 Å². The topological polar surface area (TPSA) is 291 Å². The third kappa shape index (κ3) is 15.3. The van der Waals surface area contributed by atoms with Crippen molar-refractivity contribution in [3.8, 4) is 23.2 Å². The summed E-state index contributed by atoms with van der Waals surface area (Å²) in [4.78, 5) is 110. The second-order valence-electron chi connectivity index (χ2n) is 20.4. The van der Waals surface area contributed by atoms with Crippen molar-refractivity contribution in [2.24, 2.45) is 5.92 Å². The Kier molecular flexibility index (Phi) is 20.9. The van der Waals surface area contributed by atoms with E-state index in [0.717, 1.165) is 24.8 Å². The zero-order valence-electron chi connectivity index (χ0n) is 46.0. The first kappa shape index (κ1) is 61.0. The van der Waals surface area contributed by atoms with Gasteiger partial charge in [0.2, 0.25) is 44.5 Å². The number of ether oxygens (including phenoxy) is 2. The zero-order valence-corrected chi connectivity index (χ0v) is 46.9. The van der Waals surface area contributed by atoms with Crippen molar-refractivity contribution in [1.82, 2.24) is 50.6 Å². The average molecular weight is 1120 g/mol. The third-order valence-electron chi connectivity index (χ3n) is 13.7. The Hall–Kier alpha value is -7.20. The largest absolute Gasteiger partial charge is 0.458 e. The monoisotopic (exact) mass is 1110 g/mol. The molecule has 22 nitrogen and oxygen atoms in total. The Balaban J connectivity index is 1.02. The summed E-state index contributed by atoms with van der Waals surface area (Å²) in [7, 11) is 0.287. The van der Waals surface area contributed by atoms with Crippen LogP contribution in [0.2, 0.25) is 0 Å². The minimum Gasteiger partial charge on any atom is -0.458 e. The number of aromatic nitrogens is 4. The van der Waals surface area contributed by atoms with Crippen LogP contribution in [0.5, 0.6) is 0 Å². The molecule has 0 unspecified atom stereocenters. The minimum absolute atomic E-state index is 0.0329. The molecule has 0 spiro atoms. The first-order valence-electron chi connectivity index (χ1n) is 26.4. The highest BCUT2D eigenvalue weighted by atomic mass is 32.2.